The molecule has 1 aromatic rings. The van der Waals surface area contributed by atoms with Crippen LogP contribution in [-0.4, -0.2) is 65.5 Å². The van der Waals surface area contributed by atoms with Crippen molar-refractivity contribution in [1.82, 2.24) is 10.2 Å². The first kappa shape index (κ1) is 22.0. The number of hydrogen-bond acceptors (Lipinski definition) is 6. The molecular weight excluding hydrogens is 360 g/mol. The molecule has 0 unspecified atom stereocenters. The fourth-order valence-corrected chi connectivity index (χ4v) is 2.58. The monoisotopic (exact) mass is 386 g/mol. The van der Waals surface area contributed by atoms with Crippen LogP contribution in [0, 0.1) is 0 Å². The van der Waals surface area contributed by atoms with Crippen LogP contribution in [0.15, 0.2) is 29.2 Å². The van der Waals surface area contributed by atoms with Crippen molar-refractivity contribution in [1.29, 1.82) is 0 Å². The standard InChI is InChI=1S/C16H26N4O5S/c1-20(12-16(22)18-9-3-11-25-2)10-8-15(21)19-13-4-6-14(7-5-13)26(17,23)24/h4-7H,3,8-12H2,1-2H3,(H,18,22)(H,19,21)(H2,17,23,24). The van der Waals surface area contributed by atoms with Crippen molar-refractivity contribution in [3.8, 4) is 0 Å². The number of benzene rings is 1. The molecule has 10 heteroatoms. The number of rotatable bonds is 11. The molecular formula is C16H26N4O5S. The van der Waals surface area contributed by atoms with Gasteiger partial charge in [-0.25, -0.2) is 13.6 Å². The number of nitrogens with two attached hydrogens (primary N) is 1. The lowest BCUT2D eigenvalue weighted by molar-refractivity contribution is -0.122. The van der Waals surface area contributed by atoms with Crippen molar-refractivity contribution in [3.63, 3.8) is 0 Å². The molecule has 4 N–H and O–H groups in total. The number of likely N-dealkylation sites (N-methyl/N-ethyl adjacent to an activating group) is 1. The molecule has 26 heavy (non-hydrogen) atoms. The second kappa shape index (κ2) is 10.9. The molecule has 9 nitrogen and oxygen atoms in total. The summed E-state index contributed by atoms with van der Waals surface area (Å²) < 4.78 is 27.3. The zero-order chi connectivity index (χ0) is 19.6. The van der Waals surface area contributed by atoms with Crippen LogP contribution >= 0.6 is 0 Å². The summed E-state index contributed by atoms with van der Waals surface area (Å²) in [7, 11) is -0.396. The fourth-order valence-electron chi connectivity index (χ4n) is 2.07. The van der Waals surface area contributed by atoms with E-state index >= 15 is 0 Å². The van der Waals surface area contributed by atoms with E-state index in [0.717, 1.165) is 6.42 Å². The first-order chi connectivity index (χ1) is 12.2. The van der Waals surface area contributed by atoms with E-state index in [1.165, 1.54) is 24.3 Å². The molecule has 0 heterocycles. The molecule has 0 aliphatic heterocycles. The van der Waals surface area contributed by atoms with Crippen LogP contribution < -0.4 is 15.8 Å². The topological polar surface area (TPSA) is 131 Å². The molecule has 0 saturated carbocycles. The quantitative estimate of drug-likeness (QED) is 0.449. The number of carbonyl (C=O) groups is 2. The fraction of sp³-hybridized carbons (Fsp3) is 0.500. The Morgan fingerprint density at radius 2 is 1.85 bits per heavy atom. The van der Waals surface area contributed by atoms with Crippen LogP contribution in [0.25, 0.3) is 0 Å². The maximum absolute atomic E-state index is 11.9. The number of anilines is 1. The highest BCUT2D eigenvalue weighted by Gasteiger charge is 2.10. The molecule has 0 aliphatic rings. The molecule has 2 amide bonds. The molecule has 0 radical (unpaired) electrons. The molecule has 1 aromatic carbocycles. The van der Waals surface area contributed by atoms with Crippen LogP contribution in [0.3, 0.4) is 0 Å². The van der Waals surface area contributed by atoms with Crippen LogP contribution in [0.5, 0.6) is 0 Å². The third kappa shape index (κ3) is 8.90. The lowest BCUT2D eigenvalue weighted by Gasteiger charge is -2.16. The van der Waals surface area contributed by atoms with E-state index in [1.807, 2.05) is 0 Å². The molecule has 0 bridgehead atoms. The van der Waals surface area contributed by atoms with Gasteiger partial charge >= 0.3 is 0 Å². The van der Waals surface area contributed by atoms with Crippen LogP contribution in [0.1, 0.15) is 12.8 Å². The van der Waals surface area contributed by atoms with Crippen LogP contribution in [0.4, 0.5) is 5.69 Å². The van der Waals surface area contributed by atoms with Gasteiger partial charge in [0.2, 0.25) is 21.8 Å². The van der Waals surface area contributed by atoms with Crippen molar-refractivity contribution >= 4 is 27.5 Å². The smallest absolute Gasteiger partial charge is 0.238 e. The summed E-state index contributed by atoms with van der Waals surface area (Å²) in [6, 6.07) is 5.58. The minimum atomic E-state index is -3.76. The minimum Gasteiger partial charge on any atom is -0.385 e. The van der Waals surface area contributed by atoms with Gasteiger partial charge in [-0.1, -0.05) is 0 Å². The van der Waals surface area contributed by atoms with Crippen molar-refractivity contribution in [2.45, 2.75) is 17.7 Å². The summed E-state index contributed by atoms with van der Waals surface area (Å²) in [5.41, 5.74) is 0.473. The van der Waals surface area contributed by atoms with Crippen LogP contribution in [-0.2, 0) is 24.3 Å². The van der Waals surface area contributed by atoms with E-state index in [2.05, 4.69) is 10.6 Å². The summed E-state index contributed by atoms with van der Waals surface area (Å²) in [4.78, 5) is 25.4. The van der Waals surface area contributed by atoms with E-state index in [1.54, 1.807) is 19.1 Å². The summed E-state index contributed by atoms with van der Waals surface area (Å²) in [6.45, 7) is 1.75. The van der Waals surface area contributed by atoms with Gasteiger partial charge in [0.05, 0.1) is 11.4 Å². The van der Waals surface area contributed by atoms with E-state index in [-0.39, 0.29) is 29.7 Å². The maximum Gasteiger partial charge on any atom is 0.238 e. The summed E-state index contributed by atoms with van der Waals surface area (Å²) in [5.74, 6) is -0.344. The van der Waals surface area contributed by atoms with Gasteiger partial charge in [-0.2, -0.15) is 0 Å². The van der Waals surface area contributed by atoms with Gasteiger partial charge in [0.25, 0.3) is 0 Å². The third-order valence-electron chi connectivity index (χ3n) is 3.45. The van der Waals surface area contributed by atoms with E-state index < -0.39 is 10.0 Å². The first-order valence-electron chi connectivity index (χ1n) is 8.09. The Morgan fingerprint density at radius 1 is 1.19 bits per heavy atom. The number of amides is 2. The van der Waals surface area contributed by atoms with Gasteiger partial charge in [-0.3, -0.25) is 14.5 Å². The molecule has 0 aliphatic carbocycles. The molecule has 146 valence electrons. The number of primary sulfonamides is 1. The van der Waals surface area contributed by atoms with E-state index in [0.29, 0.717) is 25.4 Å². The van der Waals surface area contributed by atoms with Crippen LogP contribution in [0.2, 0.25) is 0 Å². The highest BCUT2D eigenvalue weighted by molar-refractivity contribution is 7.89. The Balaban J connectivity index is 2.31. The lowest BCUT2D eigenvalue weighted by Crippen LogP contribution is -2.37. The van der Waals surface area contributed by atoms with E-state index in [4.69, 9.17) is 9.88 Å². The largest absolute Gasteiger partial charge is 0.385 e. The molecule has 0 fully saturated rings. The molecule has 0 aromatic heterocycles. The predicted octanol–water partition coefficient (Wildman–Crippen LogP) is -0.253. The Morgan fingerprint density at radius 3 is 2.42 bits per heavy atom. The number of hydrogen-bond donors (Lipinski definition) is 3. The summed E-state index contributed by atoms with van der Waals surface area (Å²) >= 11 is 0. The van der Waals surface area contributed by atoms with Gasteiger partial charge in [0.15, 0.2) is 0 Å². The highest BCUT2D eigenvalue weighted by atomic mass is 32.2. The second-order valence-corrected chi connectivity index (χ2v) is 7.36. The molecule has 1 rings (SSSR count). The summed E-state index contributed by atoms with van der Waals surface area (Å²) in [6.07, 6.45) is 0.947. The number of nitrogens with zero attached hydrogens (tertiary/aromatic N) is 1. The SMILES string of the molecule is COCCCNC(=O)CN(C)CCC(=O)Nc1ccc(S(N)(=O)=O)cc1. The van der Waals surface area contributed by atoms with Crippen molar-refractivity contribution in [2.24, 2.45) is 5.14 Å². The Kier molecular flexibility index (Phi) is 9.21. The van der Waals surface area contributed by atoms with Gasteiger partial charge in [0, 0.05) is 38.9 Å². The number of methoxy groups -OCH3 is 1. The van der Waals surface area contributed by atoms with Crippen molar-refractivity contribution in [2.75, 3.05) is 45.7 Å². The molecule has 0 spiro atoms. The minimum absolute atomic E-state index is 0.0215. The third-order valence-corrected chi connectivity index (χ3v) is 4.38. The molecule has 0 atom stereocenters. The second-order valence-electron chi connectivity index (χ2n) is 5.80. The lowest BCUT2D eigenvalue weighted by atomic mass is 10.3. The Bertz CT molecular complexity index is 691. The van der Waals surface area contributed by atoms with E-state index in [9.17, 15) is 18.0 Å². The average Bonchev–Trinajstić information content (AvgIpc) is 2.56. The number of sulfonamides is 1. The zero-order valence-electron chi connectivity index (χ0n) is 15.0. The summed E-state index contributed by atoms with van der Waals surface area (Å²) in [5, 5.41) is 10.4. The number of carbonyl (C=O) groups excluding carboxylic acids is 2. The molecule has 0 saturated heterocycles. The average molecular weight is 386 g/mol. The highest BCUT2D eigenvalue weighted by Crippen LogP contribution is 2.12. The van der Waals surface area contributed by atoms with Crippen molar-refractivity contribution < 1.29 is 22.7 Å². The van der Waals surface area contributed by atoms with Gasteiger partial charge in [0.1, 0.15) is 0 Å². The zero-order valence-corrected chi connectivity index (χ0v) is 15.8. The van der Waals surface area contributed by atoms with Gasteiger partial charge in [-0.05, 0) is 37.7 Å². The number of nitrogens with one attached hydrogen (secondary N) is 2. The Hall–Kier alpha value is -2.01. The Labute approximate surface area is 153 Å². The van der Waals surface area contributed by atoms with Crippen molar-refractivity contribution in [3.05, 3.63) is 24.3 Å². The maximum atomic E-state index is 11.9. The normalized spacial score (nSPS) is 11.4. The number of ether oxygens (including phenoxy) is 1. The predicted molar refractivity (Wildman–Crippen MR) is 98.1 cm³/mol. The van der Waals surface area contributed by atoms with Gasteiger partial charge in [-0.15, -0.1) is 0 Å². The first-order valence-corrected chi connectivity index (χ1v) is 9.64. The van der Waals surface area contributed by atoms with Gasteiger partial charge < -0.3 is 15.4 Å².